The van der Waals surface area contributed by atoms with E-state index in [1.807, 2.05) is 6.07 Å². The minimum absolute atomic E-state index is 0.0150. The van der Waals surface area contributed by atoms with Crippen LogP contribution in [-0.4, -0.2) is 17.0 Å². The van der Waals surface area contributed by atoms with Gasteiger partial charge in [0.1, 0.15) is 5.82 Å². The number of unbranched alkanes of at least 4 members (excludes halogenated alkanes) is 1. The Hall–Kier alpha value is -2.69. The maximum atomic E-state index is 12.7. The summed E-state index contributed by atoms with van der Waals surface area (Å²) in [4.78, 5) is 23.1. The van der Waals surface area contributed by atoms with Crippen molar-refractivity contribution >= 4 is 12.0 Å². The summed E-state index contributed by atoms with van der Waals surface area (Å²) < 4.78 is 14.4. The molecular formula is C18H19FN2O2. The number of nitrogens with one attached hydrogen (secondary N) is 1. The number of carbonyl (C=O) groups excluding carboxylic acids is 1. The van der Waals surface area contributed by atoms with E-state index < -0.39 is 0 Å². The topological polar surface area (TPSA) is 51.1 Å². The Morgan fingerprint density at radius 2 is 1.91 bits per heavy atom. The molecule has 4 nitrogen and oxygen atoms in total. The van der Waals surface area contributed by atoms with E-state index in [9.17, 15) is 14.0 Å². The van der Waals surface area contributed by atoms with Crippen LogP contribution >= 0.6 is 0 Å². The number of hydrogen-bond donors (Lipinski definition) is 1. The molecule has 0 unspecified atom stereocenters. The second-order valence-electron chi connectivity index (χ2n) is 5.12. The Labute approximate surface area is 134 Å². The van der Waals surface area contributed by atoms with E-state index >= 15 is 0 Å². The molecule has 0 aliphatic heterocycles. The SMILES string of the molecule is O=C(C=Cc1ccc(F)cc1)NCCCCn1ccccc1=O. The first-order valence-electron chi connectivity index (χ1n) is 7.52. The van der Waals surface area contributed by atoms with Gasteiger partial charge in [-0.3, -0.25) is 9.59 Å². The van der Waals surface area contributed by atoms with Gasteiger partial charge in [-0.25, -0.2) is 4.39 Å². The number of pyridine rings is 1. The second kappa shape index (κ2) is 8.68. The number of amides is 1. The molecular weight excluding hydrogens is 295 g/mol. The quantitative estimate of drug-likeness (QED) is 0.631. The third kappa shape index (κ3) is 5.90. The van der Waals surface area contributed by atoms with Crippen molar-refractivity contribution in [3.8, 4) is 0 Å². The maximum Gasteiger partial charge on any atom is 0.250 e. The van der Waals surface area contributed by atoms with Crippen LogP contribution in [0, 0.1) is 5.82 Å². The summed E-state index contributed by atoms with van der Waals surface area (Å²) >= 11 is 0. The highest BCUT2D eigenvalue weighted by atomic mass is 19.1. The molecule has 2 aromatic rings. The lowest BCUT2D eigenvalue weighted by Gasteiger charge is -2.05. The van der Waals surface area contributed by atoms with Crippen LogP contribution in [0.5, 0.6) is 0 Å². The Morgan fingerprint density at radius 3 is 2.65 bits per heavy atom. The molecule has 0 saturated carbocycles. The summed E-state index contributed by atoms with van der Waals surface area (Å²) in [6.45, 7) is 1.19. The molecule has 0 bridgehead atoms. The zero-order valence-electron chi connectivity index (χ0n) is 12.7. The van der Waals surface area contributed by atoms with Gasteiger partial charge in [0.25, 0.3) is 0 Å². The monoisotopic (exact) mass is 314 g/mol. The van der Waals surface area contributed by atoms with E-state index in [1.165, 1.54) is 24.3 Å². The van der Waals surface area contributed by atoms with Crippen molar-refractivity contribution in [3.05, 3.63) is 76.5 Å². The molecule has 1 aromatic carbocycles. The van der Waals surface area contributed by atoms with Crippen molar-refractivity contribution in [2.75, 3.05) is 6.54 Å². The largest absolute Gasteiger partial charge is 0.353 e. The van der Waals surface area contributed by atoms with Gasteiger partial charge in [0.2, 0.25) is 11.5 Å². The predicted molar refractivity (Wildman–Crippen MR) is 88.4 cm³/mol. The number of rotatable bonds is 7. The fraction of sp³-hybridized carbons (Fsp3) is 0.222. The van der Waals surface area contributed by atoms with Crippen molar-refractivity contribution in [2.24, 2.45) is 0 Å². The highest BCUT2D eigenvalue weighted by Gasteiger charge is 1.97. The van der Waals surface area contributed by atoms with Gasteiger partial charge in [0, 0.05) is 31.4 Å². The van der Waals surface area contributed by atoms with E-state index in [1.54, 1.807) is 35.0 Å². The lowest BCUT2D eigenvalue weighted by Crippen LogP contribution is -2.23. The molecule has 120 valence electrons. The first-order valence-corrected chi connectivity index (χ1v) is 7.52. The number of hydrogen-bond acceptors (Lipinski definition) is 2. The number of aryl methyl sites for hydroxylation is 1. The third-order valence-electron chi connectivity index (χ3n) is 3.32. The van der Waals surface area contributed by atoms with E-state index in [0.29, 0.717) is 13.1 Å². The zero-order chi connectivity index (χ0) is 16.5. The first kappa shape index (κ1) is 16.7. The van der Waals surface area contributed by atoms with Crippen molar-refractivity contribution < 1.29 is 9.18 Å². The van der Waals surface area contributed by atoms with Crippen molar-refractivity contribution in [3.63, 3.8) is 0 Å². The van der Waals surface area contributed by atoms with Crippen LogP contribution < -0.4 is 10.9 Å². The van der Waals surface area contributed by atoms with Crippen LogP contribution in [0.15, 0.2) is 59.5 Å². The molecule has 0 aliphatic rings. The van der Waals surface area contributed by atoms with Gasteiger partial charge in [-0.1, -0.05) is 18.2 Å². The normalized spacial score (nSPS) is 10.8. The Balaban J connectivity index is 1.66. The predicted octanol–water partition coefficient (Wildman–Crippen LogP) is 2.60. The second-order valence-corrected chi connectivity index (χ2v) is 5.12. The van der Waals surface area contributed by atoms with Crippen molar-refractivity contribution in [1.82, 2.24) is 9.88 Å². The van der Waals surface area contributed by atoms with Gasteiger partial charge in [-0.2, -0.15) is 0 Å². The van der Waals surface area contributed by atoms with Gasteiger partial charge in [0.15, 0.2) is 0 Å². The molecule has 0 radical (unpaired) electrons. The fourth-order valence-electron chi connectivity index (χ4n) is 2.07. The standard InChI is InChI=1S/C18H19FN2O2/c19-16-9-6-15(7-10-16)8-11-17(22)20-12-2-4-14-21-13-3-1-5-18(21)23/h1,3,5-11,13H,2,4,12,14H2,(H,20,22). The molecule has 0 atom stereocenters. The Kier molecular flexibility index (Phi) is 6.29. The molecule has 0 spiro atoms. The summed E-state index contributed by atoms with van der Waals surface area (Å²) in [5, 5.41) is 2.78. The Bertz CT molecular complexity index is 720. The van der Waals surface area contributed by atoms with Crippen LogP contribution in [0.25, 0.3) is 6.08 Å². The van der Waals surface area contributed by atoms with Gasteiger partial charge in [0.05, 0.1) is 0 Å². The van der Waals surface area contributed by atoms with Gasteiger partial charge in [-0.05, 0) is 42.7 Å². The molecule has 2 rings (SSSR count). The molecule has 1 heterocycles. The number of benzene rings is 1. The minimum atomic E-state index is -0.302. The number of halogens is 1. The fourth-order valence-corrected chi connectivity index (χ4v) is 2.07. The molecule has 0 aliphatic carbocycles. The summed E-state index contributed by atoms with van der Waals surface area (Å²) in [5.41, 5.74) is 0.753. The lowest BCUT2D eigenvalue weighted by atomic mass is 10.2. The van der Waals surface area contributed by atoms with E-state index in [2.05, 4.69) is 5.32 Å². The number of carbonyl (C=O) groups is 1. The smallest absolute Gasteiger partial charge is 0.250 e. The van der Waals surface area contributed by atoms with Gasteiger partial charge in [-0.15, -0.1) is 0 Å². The minimum Gasteiger partial charge on any atom is -0.353 e. The average molecular weight is 314 g/mol. The number of nitrogens with zero attached hydrogens (tertiary/aromatic N) is 1. The highest BCUT2D eigenvalue weighted by Crippen LogP contribution is 2.04. The summed E-state index contributed by atoms with van der Waals surface area (Å²) in [6, 6.07) is 11.0. The summed E-state index contributed by atoms with van der Waals surface area (Å²) in [6.07, 6.45) is 6.42. The molecule has 0 fully saturated rings. The van der Waals surface area contributed by atoms with Crippen LogP contribution in [0.3, 0.4) is 0 Å². The van der Waals surface area contributed by atoms with E-state index in [-0.39, 0.29) is 17.3 Å². The summed E-state index contributed by atoms with van der Waals surface area (Å²) in [5.74, 6) is -0.490. The molecule has 1 N–H and O–H groups in total. The van der Waals surface area contributed by atoms with E-state index in [0.717, 1.165) is 18.4 Å². The lowest BCUT2D eigenvalue weighted by molar-refractivity contribution is -0.116. The summed E-state index contributed by atoms with van der Waals surface area (Å²) in [7, 11) is 0. The van der Waals surface area contributed by atoms with E-state index in [4.69, 9.17) is 0 Å². The van der Waals surface area contributed by atoms with Crippen LogP contribution in [0.4, 0.5) is 4.39 Å². The van der Waals surface area contributed by atoms with Gasteiger partial charge < -0.3 is 9.88 Å². The first-order chi connectivity index (χ1) is 11.1. The van der Waals surface area contributed by atoms with Crippen molar-refractivity contribution in [1.29, 1.82) is 0 Å². The van der Waals surface area contributed by atoms with Gasteiger partial charge >= 0.3 is 0 Å². The molecule has 1 amide bonds. The Morgan fingerprint density at radius 1 is 1.13 bits per heavy atom. The van der Waals surface area contributed by atoms with Crippen LogP contribution in [0.2, 0.25) is 0 Å². The molecule has 5 heteroatoms. The van der Waals surface area contributed by atoms with Crippen LogP contribution in [0.1, 0.15) is 18.4 Å². The zero-order valence-corrected chi connectivity index (χ0v) is 12.7. The average Bonchev–Trinajstić information content (AvgIpc) is 2.55. The molecule has 23 heavy (non-hydrogen) atoms. The maximum absolute atomic E-state index is 12.7. The molecule has 0 saturated heterocycles. The van der Waals surface area contributed by atoms with Crippen molar-refractivity contribution in [2.45, 2.75) is 19.4 Å². The molecule has 1 aromatic heterocycles. The van der Waals surface area contributed by atoms with Crippen LogP contribution in [-0.2, 0) is 11.3 Å². The highest BCUT2D eigenvalue weighted by molar-refractivity contribution is 5.91. The number of aromatic nitrogens is 1. The third-order valence-corrected chi connectivity index (χ3v) is 3.32.